The summed E-state index contributed by atoms with van der Waals surface area (Å²) >= 11 is 0. The first kappa shape index (κ1) is 14.3. The molecule has 9 heteroatoms. The number of benzene rings is 1. The number of carboxylic acids is 1. The first-order chi connectivity index (χ1) is 9.88. The highest BCUT2D eigenvalue weighted by molar-refractivity contribution is 5.88. The van der Waals surface area contributed by atoms with Gasteiger partial charge in [0.25, 0.3) is 5.88 Å². The summed E-state index contributed by atoms with van der Waals surface area (Å²) in [6.45, 7) is 0. The summed E-state index contributed by atoms with van der Waals surface area (Å²) in [6.07, 6.45) is 0.807. The molecular formula is C12H6F2N2O5. The standard InChI is InChI=1S/C12H6F2N2O5/c13-7-1-2-8(14)10(4-7)21-11-9(16(19)20)3-6(5-15-11)12(17)18/h1-5H,(H,17,18). The van der Waals surface area contributed by atoms with Crippen LogP contribution in [0.1, 0.15) is 10.4 Å². The van der Waals surface area contributed by atoms with Crippen molar-refractivity contribution in [3.05, 3.63) is 57.8 Å². The van der Waals surface area contributed by atoms with Crippen LogP contribution in [0.15, 0.2) is 30.5 Å². The van der Waals surface area contributed by atoms with E-state index in [0.29, 0.717) is 12.1 Å². The lowest BCUT2D eigenvalue weighted by Gasteiger charge is -2.06. The Hall–Kier alpha value is -3.10. The molecule has 0 saturated heterocycles. The van der Waals surface area contributed by atoms with Gasteiger partial charge in [-0.3, -0.25) is 10.1 Å². The van der Waals surface area contributed by atoms with Crippen molar-refractivity contribution in [2.75, 3.05) is 0 Å². The van der Waals surface area contributed by atoms with Crippen LogP contribution in [-0.2, 0) is 0 Å². The molecule has 7 nitrogen and oxygen atoms in total. The lowest BCUT2D eigenvalue weighted by molar-refractivity contribution is -0.386. The fourth-order valence-electron chi connectivity index (χ4n) is 1.43. The Morgan fingerprint density at radius 3 is 2.67 bits per heavy atom. The Kier molecular flexibility index (Phi) is 3.74. The Bertz CT molecular complexity index is 736. The monoisotopic (exact) mass is 296 g/mol. The maximum absolute atomic E-state index is 13.4. The van der Waals surface area contributed by atoms with E-state index < -0.39 is 45.4 Å². The molecule has 108 valence electrons. The number of ether oxygens (including phenoxy) is 1. The van der Waals surface area contributed by atoms with Gasteiger partial charge >= 0.3 is 11.7 Å². The molecule has 0 spiro atoms. The zero-order valence-electron chi connectivity index (χ0n) is 10.1. The van der Waals surface area contributed by atoms with Crippen molar-refractivity contribution in [1.29, 1.82) is 0 Å². The zero-order chi connectivity index (χ0) is 15.6. The lowest BCUT2D eigenvalue weighted by atomic mass is 10.2. The van der Waals surface area contributed by atoms with E-state index in [1.807, 2.05) is 0 Å². The smallest absolute Gasteiger partial charge is 0.337 e. The van der Waals surface area contributed by atoms with Gasteiger partial charge in [-0.1, -0.05) is 0 Å². The van der Waals surface area contributed by atoms with Crippen molar-refractivity contribution in [2.45, 2.75) is 0 Å². The van der Waals surface area contributed by atoms with Crippen LogP contribution in [0.25, 0.3) is 0 Å². The molecule has 0 radical (unpaired) electrons. The number of hydrogen-bond donors (Lipinski definition) is 1. The highest BCUT2D eigenvalue weighted by Gasteiger charge is 2.22. The van der Waals surface area contributed by atoms with Crippen LogP contribution in [0.2, 0.25) is 0 Å². The molecule has 1 N–H and O–H groups in total. The minimum absolute atomic E-state index is 0.436. The van der Waals surface area contributed by atoms with E-state index in [9.17, 15) is 23.7 Å². The van der Waals surface area contributed by atoms with Gasteiger partial charge in [0.05, 0.1) is 10.5 Å². The summed E-state index contributed by atoms with van der Waals surface area (Å²) in [4.78, 5) is 24.1. The van der Waals surface area contributed by atoms with Gasteiger partial charge in [0.1, 0.15) is 5.82 Å². The second kappa shape index (κ2) is 5.49. The number of halogens is 2. The molecule has 1 aromatic carbocycles. The number of nitrogens with zero attached hydrogens (tertiary/aromatic N) is 2. The molecule has 0 amide bonds. The maximum atomic E-state index is 13.4. The van der Waals surface area contributed by atoms with E-state index in [2.05, 4.69) is 4.98 Å². The summed E-state index contributed by atoms with van der Waals surface area (Å²) in [5.41, 5.74) is -1.22. The fraction of sp³-hybridized carbons (Fsp3) is 0. The van der Waals surface area contributed by atoms with E-state index in [1.54, 1.807) is 0 Å². The van der Waals surface area contributed by atoms with Crippen molar-refractivity contribution in [3.8, 4) is 11.6 Å². The third-order valence-electron chi connectivity index (χ3n) is 2.38. The summed E-state index contributed by atoms with van der Waals surface area (Å²) in [6, 6.07) is 3.02. The minimum atomic E-state index is -1.42. The Morgan fingerprint density at radius 1 is 1.33 bits per heavy atom. The number of pyridine rings is 1. The van der Waals surface area contributed by atoms with Gasteiger partial charge in [0.2, 0.25) is 0 Å². The SMILES string of the molecule is O=C(O)c1cnc(Oc2cc(F)ccc2F)c([N+](=O)[O-])c1. The molecule has 0 saturated carbocycles. The average molecular weight is 296 g/mol. The van der Waals surface area contributed by atoms with Crippen LogP contribution in [0.4, 0.5) is 14.5 Å². The number of nitro groups is 1. The quantitative estimate of drug-likeness (QED) is 0.687. The Morgan fingerprint density at radius 2 is 2.05 bits per heavy atom. The first-order valence-corrected chi connectivity index (χ1v) is 5.39. The third kappa shape index (κ3) is 3.08. The number of carbonyl (C=O) groups is 1. The predicted octanol–water partition coefficient (Wildman–Crippen LogP) is 2.76. The van der Waals surface area contributed by atoms with Gasteiger partial charge < -0.3 is 9.84 Å². The Balaban J connectivity index is 2.46. The average Bonchev–Trinajstić information content (AvgIpc) is 2.42. The van der Waals surface area contributed by atoms with Gasteiger partial charge in [-0.15, -0.1) is 0 Å². The van der Waals surface area contributed by atoms with Crippen LogP contribution >= 0.6 is 0 Å². The summed E-state index contributed by atoms with van der Waals surface area (Å²) in [7, 11) is 0. The molecule has 0 aliphatic carbocycles. The Labute approximate surface area is 115 Å². The van der Waals surface area contributed by atoms with Crippen LogP contribution in [-0.4, -0.2) is 21.0 Å². The second-order valence-corrected chi connectivity index (χ2v) is 3.79. The van der Waals surface area contributed by atoms with E-state index in [4.69, 9.17) is 9.84 Å². The van der Waals surface area contributed by atoms with Crippen molar-refractivity contribution in [3.63, 3.8) is 0 Å². The molecular weight excluding hydrogens is 290 g/mol. The van der Waals surface area contributed by atoms with Crippen LogP contribution in [0, 0.1) is 21.7 Å². The molecule has 2 rings (SSSR count). The molecule has 21 heavy (non-hydrogen) atoms. The third-order valence-corrected chi connectivity index (χ3v) is 2.38. The highest BCUT2D eigenvalue weighted by Crippen LogP contribution is 2.31. The normalized spacial score (nSPS) is 10.2. The van der Waals surface area contributed by atoms with Gasteiger partial charge in [-0.25, -0.2) is 18.6 Å². The number of rotatable bonds is 4. The highest BCUT2D eigenvalue weighted by atomic mass is 19.1. The molecule has 2 aromatic rings. The van der Waals surface area contributed by atoms with Crippen molar-refractivity contribution >= 4 is 11.7 Å². The summed E-state index contributed by atoms with van der Waals surface area (Å²) < 4.78 is 31.3. The molecule has 0 fully saturated rings. The van der Waals surface area contributed by atoms with Crippen molar-refractivity contribution in [1.82, 2.24) is 4.98 Å². The van der Waals surface area contributed by atoms with Gasteiger partial charge in [-0.05, 0) is 12.1 Å². The van der Waals surface area contributed by atoms with Crippen LogP contribution < -0.4 is 4.74 Å². The maximum Gasteiger partial charge on any atom is 0.337 e. The van der Waals surface area contributed by atoms with E-state index in [0.717, 1.165) is 18.3 Å². The number of carboxylic acid groups (broad SMARTS) is 1. The topological polar surface area (TPSA) is 103 Å². The van der Waals surface area contributed by atoms with Crippen LogP contribution in [0.3, 0.4) is 0 Å². The molecule has 0 bridgehead atoms. The number of aromatic carboxylic acids is 1. The first-order valence-electron chi connectivity index (χ1n) is 5.39. The number of aromatic nitrogens is 1. The number of hydrogen-bond acceptors (Lipinski definition) is 5. The largest absolute Gasteiger partial charge is 0.478 e. The minimum Gasteiger partial charge on any atom is -0.478 e. The van der Waals surface area contributed by atoms with Gasteiger partial charge in [0.15, 0.2) is 11.6 Å². The molecule has 0 unspecified atom stereocenters. The van der Waals surface area contributed by atoms with Crippen LogP contribution in [0.5, 0.6) is 11.6 Å². The molecule has 0 aliphatic heterocycles. The van der Waals surface area contributed by atoms with Gasteiger partial charge in [-0.2, -0.15) is 0 Å². The summed E-state index contributed by atoms with van der Waals surface area (Å²) in [5.74, 6) is -4.43. The van der Waals surface area contributed by atoms with Crippen molar-refractivity contribution < 1.29 is 28.3 Å². The van der Waals surface area contributed by atoms with Gasteiger partial charge in [0, 0.05) is 18.3 Å². The zero-order valence-corrected chi connectivity index (χ0v) is 10.1. The van der Waals surface area contributed by atoms with E-state index in [-0.39, 0.29) is 0 Å². The molecule has 1 heterocycles. The molecule has 1 aromatic heterocycles. The molecule has 0 atom stereocenters. The predicted molar refractivity (Wildman–Crippen MR) is 64.3 cm³/mol. The van der Waals surface area contributed by atoms with E-state index in [1.165, 1.54) is 0 Å². The second-order valence-electron chi connectivity index (χ2n) is 3.79. The summed E-state index contributed by atoms with van der Waals surface area (Å²) in [5, 5.41) is 19.6. The van der Waals surface area contributed by atoms with E-state index >= 15 is 0 Å². The van der Waals surface area contributed by atoms with Crippen molar-refractivity contribution in [2.24, 2.45) is 0 Å². The lowest BCUT2D eigenvalue weighted by Crippen LogP contribution is -2.02. The fourth-order valence-corrected chi connectivity index (χ4v) is 1.43. The molecule has 0 aliphatic rings.